The van der Waals surface area contributed by atoms with Crippen LogP contribution in [0.2, 0.25) is 0 Å². The highest BCUT2D eigenvalue weighted by molar-refractivity contribution is 7.99. The van der Waals surface area contributed by atoms with E-state index in [9.17, 15) is 4.79 Å². The molecule has 0 aliphatic heterocycles. The van der Waals surface area contributed by atoms with E-state index in [4.69, 9.17) is 5.11 Å². The zero-order chi connectivity index (χ0) is 15.0. The number of carboxylic acids is 1. The molecule has 21 heavy (non-hydrogen) atoms. The number of aromatic carboxylic acids is 1. The van der Waals surface area contributed by atoms with Crippen LogP contribution in [0.3, 0.4) is 0 Å². The van der Waals surface area contributed by atoms with Crippen molar-refractivity contribution in [2.24, 2.45) is 0 Å². The molecule has 0 bridgehead atoms. The van der Waals surface area contributed by atoms with Crippen LogP contribution < -0.4 is 0 Å². The normalized spacial score (nSPS) is 11.0. The lowest BCUT2D eigenvalue weighted by molar-refractivity contribution is 0.0689. The maximum atomic E-state index is 11.0. The number of hydrogen-bond acceptors (Lipinski definition) is 5. The van der Waals surface area contributed by atoms with Gasteiger partial charge >= 0.3 is 5.97 Å². The van der Waals surface area contributed by atoms with Gasteiger partial charge in [0.15, 0.2) is 0 Å². The summed E-state index contributed by atoms with van der Waals surface area (Å²) in [5, 5.41) is 10.7. The number of thiazole rings is 1. The molecule has 0 fully saturated rings. The van der Waals surface area contributed by atoms with Crippen molar-refractivity contribution >= 4 is 39.3 Å². The Morgan fingerprint density at radius 3 is 2.81 bits per heavy atom. The highest BCUT2D eigenvalue weighted by Crippen LogP contribution is 2.35. The summed E-state index contributed by atoms with van der Waals surface area (Å²) in [6.07, 6.45) is 0. The fraction of sp³-hybridized carbons (Fsp3) is 0.133. The van der Waals surface area contributed by atoms with Crippen LogP contribution >= 0.6 is 23.1 Å². The van der Waals surface area contributed by atoms with E-state index < -0.39 is 5.97 Å². The summed E-state index contributed by atoms with van der Waals surface area (Å²) in [5.41, 5.74) is 2.16. The molecule has 3 rings (SSSR count). The first-order valence-corrected chi connectivity index (χ1v) is 7.92. The monoisotopic (exact) mass is 316 g/mol. The number of pyridine rings is 1. The first kappa shape index (κ1) is 14.0. The number of carbonyl (C=O) groups is 1. The third-order valence-electron chi connectivity index (χ3n) is 2.87. The summed E-state index contributed by atoms with van der Waals surface area (Å²) < 4.78 is 1.14. The van der Waals surface area contributed by atoms with Gasteiger partial charge in [0.25, 0.3) is 0 Å². The molecule has 1 N–H and O–H groups in total. The summed E-state index contributed by atoms with van der Waals surface area (Å²) in [6, 6.07) is 9.18. The highest BCUT2D eigenvalue weighted by atomic mass is 32.2. The van der Waals surface area contributed by atoms with Crippen LogP contribution in [0, 0.1) is 13.8 Å². The number of carboxylic acid groups (broad SMARTS) is 1. The summed E-state index contributed by atoms with van der Waals surface area (Å²) in [4.78, 5) is 20.7. The number of hydrogen-bond donors (Lipinski definition) is 1. The molecule has 0 amide bonds. The Balaban J connectivity index is 2.05. The predicted octanol–water partition coefficient (Wildman–Crippen LogP) is 4.16. The van der Waals surface area contributed by atoms with Crippen molar-refractivity contribution in [3.63, 3.8) is 0 Å². The molecule has 6 heteroatoms. The Kier molecular flexibility index (Phi) is 3.65. The van der Waals surface area contributed by atoms with E-state index in [-0.39, 0.29) is 5.69 Å². The zero-order valence-electron chi connectivity index (χ0n) is 11.5. The van der Waals surface area contributed by atoms with E-state index in [1.165, 1.54) is 17.8 Å². The van der Waals surface area contributed by atoms with E-state index in [2.05, 4.69) is 22.1 Å². The lowest BCUT2D eigenvalue weighted by Crippen LogP contribution is -1.99. The van der Waals surface area contributed by atoms with Crippen LogP contribution in [0.15, 0.2) is 40.3 Å². The summed E-state index contributed by atoms with van der Waals surface area (Å²) in [6.45, 7) is 4.03. The van der Waals surface area contributed by atoms with Crippen molar-refractivity contribution in [3.8, 4) is 0 Å². The van der Waals surface area contributed by atoms with E-state index in [0.29, 0.717) is 5.03 Å². The second kappa shape index (κ2) is 5.46. The van der Waals surface area contributed by atoms with Gasteiger partial charge in [-0.3, -0.25) is 0 Å². The van der Waals surface area contributed by atoms with Gasteiger partial charge < -0.3 is 5.11 Å². The van der Waals surface area contributed by atoms with E-state index in [1.807, 2.05) is 19.9 Å². The molecule has 0 aliphatic rings. The number of benzene rings is 1. The molecule has 1 aromatic carbocycles. The van der Waals surface area contributed by atoms with Crippen molar-refractivity contribution < 1.29 is 9.90 Å². The summed E-state index contributed by atoms with van der Waals surface area (Å²) in [5.74, 6) is -1.02. The topological polar surface area (TPSA) is 63.1 Å². The Hall–Kier alpha value is -1.92. The van der Waals surface area contributed by atoms with Gasteiger partial charge in [-0.05, 0) is 43.7 Å². The number of aryl methyl sites for hydroxylation is 2. The van der Waals surface area contributed by atoms with Crippen LogP contribution in [-0.4, -0.2) is 21.0 Å². The van der Waals surface area contributed by atoms with Crippen molar-refractivity contribution in [2.75, 3.05) is 0 Å². The average molecular weight is 316 g/mol. The first-order valence-electron chi connectivity index (χ1n) is 6.29. The lowest BCUT2D eigenvalue weighted by Gasteiger charge is -2.04. The molecule has 2 aromatic heterocycles. The molecule has 0 saturated carbocycles. The predicted molar refractivity (Wildman–Crippen MR) is 84.4 cm³/mol. The van der Waals surface area contributed by atoms with Crippen LogP contribution in [-0.2, 0) is 0 Å². The summed E-state index contributed by atoms with van der Waals surface area (Å²) >= 11 is 3.11. The fourth-order valence-corrected chi connectivity index (χ4v) is 4.05. The molecule has 0 aliphatic carbocycles. The van der Waals surface area contributed by atoms with Crippen LogP contribution in [0.5, 0.6) is 0 Å². The van der Waals surface area contributed by atoms with Crippen LogP contribution in [0.25, 0.3) is 10.2 Å². The minimum Gasteiger partial charge on any atom is -0.477 e. The third-order valence-corrected chi connectivity index (χ3v) is 4.75. The smallest absolute Gasteiger partial charge is 0.354 e. The van der Waals surface area contributed by atoms with Gasteiger partial charge in [0.1, 0.15) is 10.7 Å². The third kappa shape index (κ3) is 2.91. The highest BCUT2D eigenvalue weighted by Gasteiger charge is 2.11. The Bertz CT molecular complexity index is 843. The molecule has 0 unspecified atom stereocenters. The SMILES string of the molecule is Cc1cc(Sc2cccc(C(=O)O)n2)c2nc(C)sc2c1. The molecule has 106 valence electrons. The van der Waals surface area contributed by atoms with Crippen molar-refractivity contribution in [1.29, 1.82) is 0 Å². The van der Waals surface area contributed by atoms with Crippen molar-refractivity contribution in [1.82, 2.24) is 9.97 Å². The Morgan fingerprint density at radius 2 is 2.05 bits per heavy atom. The second-order valence-electron chi connectivity index (χ2n) is 4.61. The molecule has 3 aromatic rings. The molecule has 0 saturated heterocycles. The standard InChI is InChI=1S/C15H12N2O2S2/c1-8-6-11-14(16-9(2)20-11)12(7-8)21-13-5-3-4-10(17-13)15(18)19/h3-7H,1-2H3,(H,18,19). The molecular formula is C15H12N2O2S2. The fourth-order valence-electron chi connectivity index (χ4n) is 2.02. The zero-order valence-corrected chi connectivity index (χ0v) is 13.1. The van der Waals surface area contributed by atoms with Gasteiger partial charge in [-0.1, -0.05) is 17.8 Å². The van der Waals surface area contributed by atoms with E-state index in [0.717, 1.165) is 25.7 Å². The van der Waals surface area contributed by atoms with Gasteiger partial charge in [0.2, 0.25) is 0 Å². The van der Waals surface area contributed by atoms with Gasteiger partial charge in [0, 0.05) is 4.90 Å². The maximum absolute atomic E-state index is 11.0. The minimum absolute atomic E-state index is 0.0540. The second-order valence-corrected chi connectivity index (χ2v) is 6.91. The quantitative estimate of drug-likeness (QED) is 0.786. The van der Waals surface area contributed by atoms with Gasteiger partial charge in [0.05, 0.1) is 15.2 Å². The van der Waals surface area contributed by atoms with Gasteiger partial charge in [-0.25, -0.2) is 14.8 Å². The molecule has 0 spiro atoms. The number of aromatic nitrogens is 2. The van der Waals surface area contributed by atoms with Crippen LogP contribution in [0.1, 0.15) is 21.1 Å². The van der Waals surface area contributed by atoms with Crippen LogP contribution in [0.4, 0.5) is 0 Å². The van der Waals surface area contributed by atoms with E-state index >= 15 is 0 Å². The Labute approximate surface area is 129 Å². The molecular weight excluding hydrogens is 304 g/mol. The van der Waals surface area contributed by atoms with E-state index in [1.54, 1.807) is 17.4 Å². The number of nitrogens with zero attached hydrogens (tertiary/aromatic N) is 2. The molecule has 0 atom stereocenters. The maximum Gasteiger partial charge on any atom is 0.354 e. The van der Waals surface area contributed by atoms with Gasteiger partial charge in [-0.15, -0.1) is 11.3 Å². The number of rotatable bonds is 3. The Morgan fingerprint density at radius 1 is 1.24 bits per heavy atom. The summed E-state index contributed by atoms with van der Waals surface area (Å²) in [7, 11) is 0. The molecule has 4 nitrogen and oxygen atoms in total. The van der Waals surface area contributed by atoms with Gasteiger partial charge in [-0.2, -0.15) is 0 Å². The van der Waals surface area contributed by atoms with Crippen molar-refractivity contribution in [2.45, 2.75) is 23.8 Å². The molecule has 0 radical (unpaired) electrons. The van der Waals surface area contributed by atoms with Crippen molar-refractivity contribution in [3.05, 3.63) is 46.6 Å². The number of fused-ring (bicyclic) bond motifs is 1. The first-order chi connectivity index (χ1) is 10.0. The largest absolute Gasteiger partial charge is 0.477 e. The average Bonchev–Trinajstić information content (AvgIpc) is 2.79. The molecule has 2 heterocycles. The minimum atomic E-state index is -1.02. The lowest BCUT2D eigenvalue weighted by atomic mass is 10.2.